The fourth-order valence-electron chi connectivity index (χ4n) is 3.97. The summed E-state index contributed by atoms with van der Waals surface area (Å²) in [5.74, 6) is 1.85. The first-order chi connectivity index (χ1) is 9.59. The van der Waals surface area contributed by atoms with Crippen molar-refractivity contribution in [3.8, 4) is 0 Å². The number of hydrogen-bond donors (Lipinski definition) is 0. The summed E-state index contributed by atoms with van der Waals surface area (Å²) in [5.41, 5.74) is 7.65. The summed E-state index contributed by atoms with van der Waals surface area (Å²) in [5, 5.41) is 0. The SMILES string of the molecule is Cc1cccc(C2CC(C)c3ccccc32)c1C(C)C. The molecule has 0 saturated heterocycles. The average molecular weight is 264 g/mol. The number of fused-ring (bicyclic) bond motifs is 1. The van der Waals surface area contributed by atoms with Crippen molar-refractivity contribution in [3.63, 3.8) is 0 Å². The molecule has 0 aliphatic heterocycles. The molecular weight excluding hydrogens is 240 g/mol. The van der Waals surface area contributed by atoms with Crippen LogP contribution in [0.1, 0.15) is 72.8 Å². The first kappa shape index (κ1) is 13.4. The summed E-state index contributed by atoms with van der Waals surface area (Å²) in [6.07, 6.45) is 1.25. The van der Waals surface area contributed by atoms with E-state index in [0.717, 1.165) is 0 Å². The lowest BCUT2D eigenvalue weighted by molar-refractivity contribution is 0.674. The lowest BCUT2D eigenvalue weighted by atomic mass is 9.83. The van der Waals surface area contributed by atoms with E-state index in [-0.39, 0.29) is 0 Å². The minimum atomic E-state index is 0.582. The second-order valence-electron chi connectivity index (χ2n) is 6.55. The molecule has 2 unspecified atom stereocenters. The van der Waals surface area contributed by atoms with E-state index in [1.54, 1.807) is 22.3 Å². The molecule has 2 atom stereocenters. The van der Waals surface area contributed by atoms with Crippen LogP contribution in [0.25, 0.3) is 0 Å². The van der Waals surface area contributed by atoms with Gasteiger partial charge in [0.1, 0.15) is 0 Å². The van der Waals surface area contributed by atoms with Gasteiger partial charge in [-0.15, -0.1) is 0 Å². The van der Waals surface area contributed by atoms with Crippen molar-refractivity contribution >= 4 is 0 Å². The van der Waals surface area contributed by atoms with Crippen LogP contribution in [0.5, 0.6) is 0 Å². The summed E-state index contributed by atoms with van der Waals surface area (Å²) in [4.78, 5) is 0. The van der Waals surface area contributed by atoms with Crippen LogP contribution in [0.15, 0.2) is 42.5 Å². The fraction of sp³-hybridized carbons (Fsp3) is 0.400. The van der Waals surface area contributed by atoms with E-state index < -0.39 is 0 Å². The molecule has 0 N–H and O–H groups in total. The van der Waals surface area contributed by atoms with Crippen molar-refractivity contribution < 1.29 is 0 Å². The number of hydrogen-bond acceptors (Lipinski definition) is 0. The van der Waals surface area contributed by atoms with Crippen LogP contribution in [0.2, 0.25) is 0 Å². The summed E-state index contributed by atoms with van der Waals surface area (Å²) < 4.78 is 0. The van der Waals surface area contributed by atoms with Gasteiger partial charge in [-0.05, 0) is 53.0 Å². The first-order valence-electron chi connectivity index (χ1n) is 7.77. The molecule has 2 aromatic carbocycles. The van der Waals surface area contributed by atoms with E-state index in [1.165, 1.54) is 12.0 Å². The van der Waals surface area contributed by atoms with Crippen LogP contribution in [0.3, 0.4) is 0 Å². The fourth-order valence-corrected chi connectivity index (χ4v) is 3.97. The third-order valence-corrected chi connectivity index (χ3v) is 4.80. The van der Waals surface area contributed by atoms with Crippen molar-refractivity contribution in [1.29, 1.82) is 0 Å². The number of rotatable bonds is 2. The van der Waals surface area contributed by atoms with Crippen molar-refractivity contribution in [3.05, 3.63) is 70.3 Å². The predicted molar refractivity (Wildman–Crippen MR) is 86.6 cm³/mol. The highest BCUT2D eigenvalue weighted by Gasteiger charge is 2.30. The Hall–Kier alpha value is -1.56. The molecule has 0 amide bonds. The monoisotopic (exact) mass is 264 g/mol. The van der Waals surface area contributed by atoms with Gasteiger partial charge in [-0.25, -0.2) is 0 Å². The molecule has 0 fully saturated rings. The van der Waals surface area contributed by atoms with E-state index in [2.05, 4.69) is 70.2 Å². The van der Waals surface area contributed by atoms with Gasteiger partial charge in [-0.2, -0.15) is 0 Å². The molecule has 1 aliphatic rings. The van der Waals surface area contributed by atoms with Crippen molar-refractivity contribution in [2.45, 2.75) is 51.9 Å². The smallest absolute Gasteiger partial charge is 0.0101 e. The highest BCUT2D eigenvalue weighted by atomic mass is 14.3. The summed E-state index contributed by atoms with van der Waals surface area (Å²) in [6.45, 7) is 9.25. The maximum atomic E-state index is 2.36. The Morgan fingerprint density at radius 2 is 1.55 bits per heavy atom. The highest BCUT2D eigenvalue weighted by Crippen LogP contribution is 2.46. The van der Waals surface area contributed by atoms with E-state index in [0.29, 0.717) is 17.8 Å². The van der Waals surface area contributed by atoms with Crippen LogP contribution in [-0.4, -0.2) is 0 Å². The van der Waals surface area contributed by atoms with Crippen molar-refractivity contribution in [2.75, 3.05) is 0 Å². The average Bonchev–Trinajstić information content (AvgIpc) is 2.76. The zero-order chi connectivity index (χ0) is 14.3. The van der Waals surface area contributed by atoms with Crippen LogP contribution in [0.4, 0.5) is 0 Å². The second kappa shape index (κ2) is 5.09. The Bertz CT molecular complexity index is 622. The minimum Gasteiger partial charge on any atom is -0.0620 e. The van der Waals surface area contributed by atoms with Gasteiger partial charge in [-0.3, -0.25) is 0 Å². The Morgan fingerprint density at radius 3 is 2.25 bits per heavy atom. The molecule has 0 spiro atoms. The molecule has 1 aliphatic carbocycles. The molecule has 0 radical (unpaired) electrons. The molecule has 0 bridgehead atoms. The summed E-state index contributed by atoms with van der Waals surface area (Å²) in [6, 6.07) is 15.8. The van der Waals surface area contributed by atoms with Gasteiger partial charge in [0.2, 0.25) is 0 Å². The van der Waals surface area contributed by atoms with Gasteiger partial charge < -0.3 is 0 Å². The third-order valence-electron chi connectivity index (χ3n) is 4.80. The maximum absolute atomic E-state index is 2.36. The normalized spacial score (nSPS) is 21.2. The molecule has 0 heteroatoms. The van der Waals surface area contributed by atoms with Crippen LogP contribution in [0, 0.1) is 6.92 Å². The Labute approximate surface area is 122 Å². The molecule has 2 aromatic rings. The standard InChI is InChI=1S/C20H24/c1-13(2)20-14(3)8-7-11-18(20)19-12-15(4)16-9-5-6-10-17(16)19/h5-11,13,15,19H,12H2,1-4H3. The molecule has 0 nitrogen and oxygen atoms in total. The first-order valence-corrected chi connectivity index (χ1v) is 7.77. The van der Waals surface area contributed by atoms with E-state index >= 15 is 0 Å². The molecule has 104 valence electrons. The molecule has 0 heterocycles. The van der Waals surface area contributed by atoms with E-state index in [1.807, 2.05) is 0 Å². The van der Waals surface area contributed by atoms with Gasteiger partial charge in [0.05, 0.1) is 0 Å². The summed E-state index contributed by atoms with van der Waals surface area (Å²) in [7, 11) is 0. The Kier molecular flexibility index (Phi) is 3.41. The van der Waals surface area contributed by atoms with Gasteiger partial charge in [0.25, 0.3) is 0 Å². The molecule has 3 rings (SSSR count). The largest absolute Gasteiger partial charge is 0.0620 e. The number of benzene rings is 2. The molecule has 0 saturated carbocycles. The van der Waals surface area contributed by atoms with Crippen molar-refractivity contribution in [2.24, 2.45) is 0 Å². The zero-order valence-electron chi connectivity index (χ0n) is 13.0. The zero-order valence-corrected chi connectivity index (χ0v) is 13.0. The van der Waals surface area contributed by atoms with Crippen LogP contribution < -0.4 is 0 Å². The van der Waals surface area contributed by atoms with Crippen molar-refractivity contribution in [1.82, 2.24) is 0 Å². The minimum absolute atomic E-state index is 0.582. The molecule has 0 aromatic heterocycles. The van der Waals surface area contributed by atoms with Crippen LogP contribution >= 0.6 is 0 Å². The quantitative estimate of drug-likeness (QED) is 0.647. The Morgan fingerprint density at radius 1 is 0.900 bits per heavy atom. The highest BCUT2D eigenvalue weighted by molar-refractivity contribution is 5.49. The predicted octanol–water partition coefficient (Wildman–Crippen LogP) is 5.76. The van der Waals surface area contributed by atoms with Gasteiger partial charge in [-0.1, -0.05) is 63.2 Å². The lowest BCUT2D eigenvalue weighted by Crippen LogP contribution is -2.05. The summed E-state index contributed by atoms with van der Waals surface area (Å²) >= 11 is 0. The van der Waals surface area contributed by atoms with Gasteiger partial charge >= 0.3 is 0 Å². The topological polar surface area (TPSA) is 0 Å². The third kappa shape index (κ3) is 2.08. The van der Waals surface area contributed by atoms with E-state index in [4.69, 9.17) is 0 Å². The number of aryl methyl sites for hydroxylation is 1. The second-order valence-corrected chi connectivity index (χ2v) is 6.55. The van der Waals surface area contributed by atoms with Crippen LogP contribution in [-0.2, 0) is 0 Å². The maximum Gasteiger partial charge on any atom is 0.0101 e. The molecule has 20 heavy (non-hydrogen) atoms. The Balaban J connectivity index is 2.14. The van der Waals surface area contributed by atoms with Gasteiger partial charge in [0, 0.05) is 5.92 Å². The van der Waals surface area contributed by atoms with E-state index in [9.17, 15) is 0 Å². The lowest BCUT2D eigenvalue weighted by Gasteiger charge is -2.21. The van der Waals surface area contributed by atoms with Gasteiger partial charge in [0.15, 0.2) is 0 Å². The molecular formula is C20H24.